The number of aromatic nitrogens is 1. The Morgan fingerprint density at radius 2 is 1.86 bits per heavy atom. The molecule has 1 amide bonds. The Balaban J connectivity index is 1.84. The molecule has 0 spiro atoms. The van der Waals surface area contributed by atoms with E-state index in [0.29, 0.717) is 5.69 Å². The second-order valence-corrected chi connectivity index (χ2v) is 9.90. The van der Waals surface area contributed by atoms with Gasteiger partial charge < -0.3 is 15.1 Å². The molecule has 1 aromatic rings. The van der Waals surface area contributed by atoms with Crippen molar-refractivity contribution in [3.05, 3.63) is 24.0 Å². The SMILES string of the molecule is CCCCN(C(=O)c1cc(N2CCCC2)ccn1)C1CC(C)(C)NC(C)(C)C1. The van der Waals surface area contributed by atoms with Crippen LogP contribution in [0.1, 0.15) is 83.6 Å². The minimum atomic E-state index is 0.0159. The molecule has 3 heterocycles. The van der Waals surface area contributed by atoms with Gasteiger partial charge >= 0.3 is 0 Å². The van der Waals surface area contributed by atoms with Crippen LogP contribution in [0.25, 0.3) is 0 Å². The fourth-order valence-corrected chi connectivity index (χ4v) is 5.12. The van der Waals surface area contributed by atoms with Gasteiger partial charge in [0, 0.05) is 48.6 Å². The van der Waals surface area contributed by atoms with Crippen LogP contribution in [0.2, 0.25) is 0 Å². The summed E-state index contributed by atoms with van der Waals surface area (Å²) in [7, 11) is 0. The van der Waals surface area contributed by atoms with Crippen molar-refractivity contribution < 1.29 is 4.79 Å². The summed E-state index contributed by atoms with van der Waals surface area (Å²) in [6.07, 6.45) is 8.32. The third-order valence-corrected chi connectivity index (χ3v) is 6.06. The number of hydrogen-bond donors (Lipinski definition) is 1. The van der Waals surface area contributed by atoms with E-state index in [0.717, 1.165) is 51.0 Å². The third kappa shape index (κ3) is 5.05. The van der Waals surface area contributed by atoms with Crippen LogP contribution in [0.15, 0.2) is 18.3 Å². The summed E-state index contributed by atoms with van der Waals surface area (Å²) in [5, 5.41) is 3.74. The maximum Gasteiger partial charge on any atom is 0.272 e. The molecule has 0 bridgehead atoms. The predicted octanol–water partition coefficient (Wildman–Crippen LogP) is 4.23. The molecule has 0 saturated carbocycles. The lowest BCUT2D eigenvalue weighted by Gasteiger charge is -2.49. The molecular weight excluding hydrogens is 348 g/mol. The van der Waals surface area contributed by atoms with Gasteiger partial charge in [0.25, 0.3) is 5.91 Å². The molecular formula is C23H38N4O. The lowest BCUT2D eigenvalue weighted by atomic mass is 9.79. The van der Waals surface area contributed by atoms with Crippen LogP contribution < -0.4 is 10.2 Å². The lowest BCUT2D eigenvalue weighted by Crippen LogP contribution is -2.63. The molecule has 156 valence electrons. The molecule has 2 aliphatic rings. The molecule has 0 aromatic carbocycles. The summed E-state index contributed by atoms with van der Waals surface area (Å²) >= 11 is 0. The predicted molar refractivity (Wildman–Crippen MR) is 116 cm³/mol. The van der Waals surface area contributed by atoms with Crippen molar-refractivity contribution in [2.45, 2.75) is 90.3 Å². The van der Waals surface area contributed by atoms with Crippen molar-refractivity contribution in [2.75, 3.05) is 24.5 Å². The molecule has 1 aromatic heterocycles. The van der Waals surface area contributed by atoms with Crippen LogP contribution in [-0.4, -0.2) is 52.5 Å². The van der Waals surface area contributed by atoms with Crippen LogP contribution in [0.5, 0.6) is 0 Å². The average molecular weight is 387 g/mol. The van der Waals surface area contributed by atoms with Gasteiger partial charge in [0.2, 0.25) is 0 Å². The standard InChI is InChI=1S/C23H38N4O/c1-6-7-14-27(19-16-22(2,3)25-23(4,5)17-19)21(28)20-15-18(10-11-24-20)26-12-8-9-13-26/h10-11,15,19,25H,6-9,12-14,16-17H2,1-5H3. The zero-order valence-corrected chi connectivity index (χ0v) is 18.4. The number of pyridine rings is 1. The minimum absolute atomic E-state index is 0.0159. The summed E-state index contributed by atoms with van der Waals surface area (Å²) in [5.41, 5.74) is 1.76. The van der Waals surface area contributed by atoms with Crippen molar-refractivity contribution in [3.8, 4) is 0 Å². The number of carbonyl (C=O) groups is 1. The Morgan fingerprint density at radius 1 is 1.21 bits per heavy atom. The molecule has 28 heavy (non-hydrogen) atoms. The summed E-state index contributed by atoms with van der Waals surface area (Å²) in [5.74, 6) is 0.0907. The first-order valence-electron chi connectivity index (χ1n) is 11.0. The number of nitrogens with one attached hydrogen (secondary N) is 1. The highest BCUT2D eigenvalue weighted by atomic mass is 16.2. The van der Waals surface area contributed by atoms with Gasteiger partial charge in [-0.1, -0.05) is 13.3 Å². The van der Waals surface area contributed by atoms with Crippen molar-refractivity contribution in [2.24, 2.45) is 0 Å². The Labute approximate surface area is 170 Å². The van der Waals surface area contributed by atoms with E-state index in [4.69, 9.17) is 0 Å². The van der Waals surface area contributed by atoms with E-state index in [1.165, 1.54) is 12.8 Å². The quantitative estimate of drug-likeness (QED) is 0.795. The number of hydrogen-bond acceptors (Lipinski definition) is 4. The van der Waals surface area contributed by atoms with Crippen molar-refractivity contribution in [3.63, 3.8) is 0 Å². The highest BCUT2D eigenvalue weighted by molar-refractivity contribution is 5.93. The maximum atomic E-state index is 13.6. The Hall–Kier alpha value is -1.62. The zero-order chi connectivity index (χ0) is 20.4. The van der Waals surface area contributed by atoms with Gasteiger partial charge in [0.1, 0.15) is 5.69 Å². The van der Waals surface area contributed by atoms with Gasteiger partial charge in [0.15, 0.2) is 0 Å². The first-order chi connectivity index (χ1) is 13.2. The van der Waals surface area contributed by atoms with Gasteiger partial charge in [-0.2, -0.15) is 0 Å². The monoisotopic (exact) mass is 386 g/mol. The van der Waals surface area contributed by atoms with E-state index in [9.17, 15) is 4.79 Å². The van der Waals surface area contributed by atoms with Gasteiger partial charge in [-0.05, 0) is 71.9 Å². The Bertz CT molecular complexity index is 663. The number of anilines is 1. The lowest BCUT2D eigenvalue weighted by molar-refractivity contribution is 0.0436. The summed E-state index contributed by atoms with van der Waals surface area (Å²) in [4.78, 5) is 22.5. The second-order valence-electron chi connectivity index (χ2n) is 9.90. The fraction of sp³-hybridized carbons (Fsp3) is 0.739. The van der Waals surface area contributed by atoms with Crippen molar-refractivity contribution in [1.82, 2.24) is 15.2 Å². The summed E-state index contributed by atoms with van der Waals surface area (Å²) < 4.78 is 0. The molecule has 5 nitrogen and oxygen atoms in total. The van der Waals surface area contributed by atoms with E-state index in [2.05, 4.69) is 54.7 Å². The molecule has 0 radical (unpaired) electrons. The molecule has 0 aliphatic carbocycles. The largest absolute Gasteiger partial charge is 0.371 e. The van der Waals surface area contributed by atoms with Crippen LogP contribution in [-0.2, 0) is 0 Å². The summed E-state index contributed by atoms with van der Waals surface area (Å²) in [6.45, 7) is 14.1. The van der Waals surface area contributed by atoms with E-state index in [-0.39, 0.29) is 23.0 Å². The number of unbranched alkanes of at least 4 members (excludes halogenated alkanes) is 1. The van der Waals surface area contributed by atoms with E-state index in [1.54, 1.807) is 6.20 Å². The number of rotatable bonds is 6. The van der Waals surface area contributed by atoms with Gasteiger partial charge in [-0.3, -0.25) is 9.78 Å². The number of piperidine rings is 1. The topological polar surface area (TPSA) is 48.5 Å². The van der Waals surface area contributed by atoms with E-state index >= 15 is 0 Å². The highest BCUT2D eigenvalue weighted by Crippen LogP contribution is 2.32. The number of carbonyl (C=O) groups excluding carboxylic acids is 1. The molecule has 3 rings (SSSR count). The van der Waals surface area contributed by atoms with Gasteiger partial charge in [0.05, 0.1) is 0 Å². The minimum Gasteiger partial charge on any atom is -0.371 e. The van der Waals surface area contributed by atoms with Gasteiger partial charge in [-0.15, -0.1) is 0 Å². The molecule has 5 heteroatoms. The fourth-order valence-electron chi connectivity index (χ4n) is 5.12. The van der Waals surface area contributed by atoms with Crippen molar-refractivity contribution in [1.29, 1.82) is 0 Å². The summed E-state index contributed by atoms with van der Waals surface area (Å²) in [6, 6.07) is 4.28. The number of amides is 1. The maximum absolute atomic E-state index is 13.6. The van der Waals surface area contributed by atoms with E-state index < -0.39 is 0 Å². The van der Waals surface area contributed by atoms with Crippen LogP contribution in [0.3, 0.4) is 0 Å². The normalized spacial score (nSPS) is 21.7. The molecule has 0 unspecified atom stereocenters. The van der Waals surface area contributed by atoms with E-state index in [1.807, 2.05) is 12.1 Å². The smallest absolute Gasteiger partial charge is 0.272 e. The van der Waals surface area contributed by atoms with Crippen molar-refractivity contribution >= 4 is 11.6 Å². The first kappa shape index (κ1) is 21.1. The Kier molecular flexibility index (Phi) is 6.33. The first-order valence-corrected chi connectivity index (χ1v) is 11.0. The van der Waals surface area contributed by atoms with Crippen LogP contribution in [0, 0.1) is 0 Å². The number of nitrogens with zero attached hydrogens (tertiary/aromatic N) is 3. The van der Waals surface area contributed by atoms with Crippen LogP contribution in [0.4, 0.5) is 5.69 Å². The van der Waals surface area contributed by atoms with Crippen LogP contribution >= 0.6 is 0 Å². The third-order valence-electron chi connectivity index (χ3n) is 6.06. The molecule has 1 N–H and O–H groups in total. The Morgan fingerprint density at radius 3 is 2.46 bits per heavy atom. The molecule has 2 saturated heterocycles. The molecule has 0 atom stereocenters. The molecule has 2 aliphatic heterocycles. The van der Waals surface area contributed by atoms with Gasteiger partial charge in [-0.25, -0.2) is 0 Å². The zero-order valence-electron chi connectivity index (χ0n) is 18.4. The second kappa shape index (κ2) is 8.40. The highest BCUT2D eigenvalue weighted by Gasteiger charge is 2.41. The molecule has 2 fully saturated rings. The average Bonchev–Trinajstić information content (AvgIpc) is 3.14.